The summed E-state index contributed by atoms with van der Waals surface area (Å²) in [7, 11) is 0. The molecule has 1 atom stereocenters. The number of likely N-dealkylation sites (tertiary alicyclic amines) is 2. The lowest BCUT2D eigenvalue weighted by atomic mass is 9.91. The molecule has 0 spiro atoms. The largest absolute Gasteiger partial charge is 0.444 e. The Morgan fingerprint density at radius 3 is 2.38 bits per heavy atom. The molecule has 3 fully saturated rings. The number of ketones is 1. The van der Waals surface area contributed by atoms with Crippen molar-refractivity contribution in [2.75, 3.05) is 31.1 Å². The number of ether oxygens (including phenoxy) is 1. The van der Waals surface area contributed by atoms with Crippen LogP contribution in [0.3, 0.4) is 0 Å². The topological polar surface area (TPSA) is 99.3 Å². The first-order chi connectivity index (χ1) is 20.1. The zero-order valence-corrected chi connectivity index (χ0v) is 26.3. The van der Waals surface area contributed by atoms with Crippen LogP contribution in [0.4, 0.5) is 4.79 Å². The molecule has 0 unspecified atom stereocenters. The number of benzene rings is 1. The van der Waals surface area contributed by atoms with Crippen LogP contribution in [0.25, 0.3) is 0 Å². The van der Waals surface area contributed by atoms with E-state index >= 15 is 0 Å². The monoisotopic (exact) mass is 600 g/mol. The average Bonchev–Trinajstić information content (AvgIpc) is 3.37. The number of hydrogen-bond acceptors (Lipinski definition) is 7. The molecule has 232 valence electrons. The number of carbonyl (C=O) groups excluding carboxylic acids is 4. The van der Waals surface area contributed by atoms with Crippen LogP contribution in [-0.2, 0) is 25.7 Å². The molecule has 2 aliphatic heterocycles. The second kappa shape index (κ2) is 15.2. The molecule has 0 aromatic heterocycles. The molecule has 0 radical (unpaired) electrons. The number of nitrogens with zero attached hydrogens (tertiary/aromatic N) is 3. The zero-order valence-electron chi connectivity index (χ0n) is 25.5. The van der Waals surface area contributed by atoms with Gasteiger partial charge in [0.05, 0.1) is 12.6 Å². The summed E-state index contributed by atoms with van der Waals surface area (Å²) >= 11 is 1.83. The molecule has 3 aliphatic rings. The van der Waals surface area contributed by atoms with Crippen molar-refractivity contribution in [3.05, 3.63) is 35.9 Å². The van der Waals surface area contributed by atoms with E-state index in [0.717, 1.165) is 44.1 Å². The molecule has 1 aliphatic carbocycles. The van der Waals surface area contributed by atoms with Gasteiger partial charge < -0.3 is 4.74 Å². The highest BCUT2D eigenvalue weighted by Gasteiger charge is 2.42. The second-order valence-corrected chi connectivity index (χ2v) is 14.1. The van der Waals surface area contributed by atoms with Gasteiger partial charge in [0.15, 0.2) is 5.78 Å². The third-order valence-electron chi connectivity index (χ3n) is 8.28. The van der Waals surface area contributed by atoms with Gasteiger partial charge in [0.25, 0.3) is 5.91 Å². The van der Waals surface area contributed by atoms with Crippen LogP contribution in [-0.4, -0.2) is 87.3 Å². The Bertz CT molecular complexity index is 1060. The van der Waals surface area contributed by atoms with Crippen molar-refractivity contribution in [1.29, 1.82) is 0 Å². The van der Waals surface area contributed by atoms with Crippen LogP contribution in [0.2, 0.25) is 0 Å². The van der Waals surface area contributed by atoms with Gasteiger partial charge in [-0.25, -0.2) is 4.79 Å². The summed E-state index contributed by atoms with van der Waals surface area (Å²) in [5.74, 6) is 1.69. The fourth-order valence-electron chi connectivity index (χ4n) is 6.05. The van der Waals surface area contributed by atoms with E-state index in [4.69, 9.17) is 4.74 Å². The van der Waals surface area contributed by atoms with Crippen molar-refractivity contribution in [3.63, 3.8) is 0 Å². The van der Waals surface area contributed by atoms with Crippen molar-refractivity contribution in [3.8, 4) is 0 Å². The fraction of sp³-hybridized carbons (Fsp3) is 0.688. The number of hydrogen-bond donors (Lipinski definition) is 1. The standard InChI is InChI=1S/C32H48N4O5S/c1-32(2,3)41-31(40)35-22-27(37)20-28(35)30(39)33-36(29(38)16-19-42-23-25-12-8-5-9-13-25)26-14-17-34(18-15-26)21-24-10-6-4-7-11-24/h4,6-7,10-11,25-26,28H,5,8-9,12-23H2,1-3H3,(H,33,39)/t28-/m0/s1. The fourth-order valence-corrected chi connectivity index (χ4v) is 7.20. The highest BCUT2D eigenvalue weighted by Crippen LogP contribution is 2.27. The number of Topliss-reactive ketones (excluding diaryl/α,β-unsaturated/α-hetero) is 1. The maximum Gasteiger partial charge on any atom is 0.411 e. The Balaban J connectivity index is 1.38. The first kappa shape index (κ1) is 32.3. The first-order valence-electron chi connectivity index (χ1n) is 15.6. The maximum atomic E-state index is 13.6. The molecule has 0 bridgehead atoms. The molecule has 10 heteroatoms. The van der Waals surface area contributed by atoms with Crippen LogP contribution in [0.15, 0.2) is 30.3 Å². The average molecular weight is 601 g/mol. The summed E-state index contributed by atoms with van der Waals surface area (Å²) in [6.45, 7) is 7.53. The van der Waals surface area contributed by atoms with Crippen molar-refractivity contribution in [2.45, 2.75) is 103 Å². The Kier molecular flexibility index (Phi) is 11.7. The van der Waals surface area contributed by atoms with Gasteiger partial charge in [-0.1, -0.05) is 49.6 Å². The molecule has 2 heterocycles. The number of thioether (sulfide) groups is 1. The minimum atomic E-state index is -0.999. The van der Waals surface area contributed by atoms with Gasteiger partial charge in [-0.05, 0) is 63.7 Å². The van der Waals surface area contributed by atoms with E-state index in [2.05, 4.69) is 22.5 Å². The molecular weight excluding hydrogens is 552 g/mol. The zero-order chi connectivity index (χ0) is 30.1. The third kappa shape index (κ3) is 9.73. The van der Waals surface area contributed by atoms with Crippen LogP contribution in [0, 0.1) is 5.92 Å². The minimum absolute atomic E-state index is 0.0835. The summed E-state index contributed by atoms with van der Waals surface area (Å²) in [4.78, 5) is 55.9. The number of carbonyl (C=O) groups is 4. The highest BCUT2D eigenvalue weighted by molar-refractivity contribution is 7.99. The number of hydrazine groups is 1. The molecule has 1 saturated carbocycles. The quantitative estimate of drug-likeness (QED) is 0.321. The van der Waals surface area contributed by atoms with E-state index < -0.39 is 23.6 Å². The summed E-state index contributed by atoms with van der Waals surface area (Å²) in [5.41, 5.74) is 3.36. The first-order valence-corrected chi connectivity index (χ1v) is 16.7. The Labute approximate surface area is 255 Å². The summed E-state index contributed by atoms with van der Waals surface area (Å²) in [5, 5.41) is 1.51. The molecule has 42 heavy (non-hydrogen) atoms. The third-order valence-corrected chi connectivity index (χ3v) is 9.48. The van der Waals surface area contributed by atoms with Gasteiger partial charge in [-0.2, -0.15) is 11.8 Å². The van der Waals surface area contributed by atoms with E-state index in [-0.39, 0.29) is 30.7 Å². The predicted molar refractivity (Wildman–Crippen MR) is 165 cm³/mol. The Morgan fingerprint density at radius 1 is 1.02 bits per heavy atom. The van der Waals surface area contributed by atoms with Gasteiger partial charge >= 0.3 is 6.09 Å². The smallest absolute Gasteiger partial charge is 0.411 e. The molecule has 9 nitrogen and oxygen atoms in total. The molecule has 4 rings (SSSR count). The van der Waals surface area contributed by atoms with Gasteiger partial charge in [-0.15, -0.1) is 0 Å². The highest BCUT2D eigenvalue weighted by atomic mass is 32.2. The second-order valence-electron chi connectivity index (χ2n) is 12.9. The van der Waals surface area contributed by atoms with E-state index in [1.165, 1.54) is 47.6 Å². The Morgan fingerprint density at radius 2 is 1.71 bits per heavy atom. The normalized spacial score (nSPS) is 20.9. The SMILES string of the molecule is CC(C)(C)OC(=O)N1CC(=O)C[C@H]1C(=O)NN(C(=O)CCSCC1CCCCC1)C1CCN(Cc2ccccc2)CC1. The van der Waals surface area contributed by atoms with Crippen molar-refractivity contribution < 1.29 is 23.9 Å². The van der Waals surface area contributed by atoms with Crippen molar-refractivity contribution in [1.82, 2.24) is 20.2 Å². The molecule has 1 aromatic rings. The lowest BCUT2D eigenvalue weighted by Crippen LogP contribution is -2.59. The van der Waals surface area contributed by atoms with Gasteiger partial charge in [0.2, 0.25) is 5.91 Å². The summed E-state index contributed by atoms with van der Waals surface area (Å²) < 4.78 is 5.46. The van der Waals surface area contributed by atoms with Gasteiger partial charge in [-0.3, -0.25) is 34.6 Å². The van der Waals surface area contributed by atoms with E-state index in [1.807, 2.05) is 30.0 Å². The number of nitrogens with one attached hydrogen (secondary N) is 1. The van der Waals surface area contributed by atoms with Crippen LogP contribution >= 0.6 is 11.8 Å². The molecular formula is C32H48N4O5S. The van der Waals surface area contributed by atoms with E-state index in [9.17, 15) is 19.2 Å². The number of piperidine rings is 1. The lowest BCUT2D eigenvalue weighted by Gasteiger charge is -2.39. The van der Waals surface area contributed by atoms with Gasteiger partial charge in [0, 0.05) is 38.2 Å². The van der Waals surface area contributed by atoms with Crippen molar-refractivity contribution >= 4 is 35.5 Å². The van der Waals surface area contributed by atoms with E-state index in [0.29, 0.717) is 12.2 Å². The Hall–Kier alpha value is -2.59. The molecule has 2 saturated heterocycles. The molecule has 1 aromatic carbocycles. The predicted octanol–water partition coefficient (Wildman–Crippen LogP) is 4.79. The van der Waals surface area contributed by atoms with Crippen LogP contribution in [0.1, 0.15) is 84.1 Å². The summed E-state index contributed by atoms with van der Waals surface area (Å²) in [6.07, 6.45) is 7.50. The van der Waals surface area contributed by atoms with Crippen LogP contribution < -0.4 is 5.43 Å². The maximum absolute atomic E-state index is 13.6. The van der Waals surface area contributed by atoms with Gasteiger partial charge in [0.1, 0.15) is 11.6 Å². The minimum Gasteiger partial charge on any atom is -0.444 e. The van der Waals surface area contributed by atoms with Crippen molar-refractivity contribution in [2.24, 2.45) is 5.92 Å². The van der Waals surface area contributed by atoms with Crippen LogP contribution in [0.5, 0.6) is 0 Å². The summed E-state index contributed by atoms with van der Waals surface area (Å²) in [6, 6.07) is 9.18. The number of rotatable bonds is 9. The van der Waals surface area contributed by atoms with E-state index in [1.54, 1.807) is 20.8 Å². The molecule has 1 N–H and O–H groups in total. The number of amides is 3. The lowest BCUT2D eigenvalue weighted by molar-refractivity contribution is -0.147. The molecule has 3 amide bonds.